The normalized spacial score (nSPS) is 11.4. The summed E-state index contributed by atoms with van der Waals surface area (Å²) in [6.45, 7) is 4.89. The summed E-state index contributed by atoms with van der Waals surface area (Å²) in [5.74, 6) is 1.32. The number of benzene rings is 1. The molecule has 9 heteroatoms. The van der Waals surface area contributed by atoms with Crippen molar-refractivity contribution in [2.75, 3.05) is 0 Å². The number of nitrogens with two attached hydrogens (primary N) is 1. The fourth-order valence-corrected chi connectivity index (χ4v) is 3.56. The minimum absolute atomic E-state index is 0.0139. The number of aryl methyl sites for hydroxylation is 3. The first-order chi connectivity index (χ1) is 14.0. The first-order valence-corrected chi connectivity index (χ1v) is 9.64. The van der Waals surface area contributed by atoms with Crippen molar-refractivity contribution in [3.63, 3.8) is 0 Å². The van der Waals surface area contributed by atoms with Gasteiger partial charge in [-0.05, 0) is 25.5 Å². The minimum Gasteiger partial charge on any atom is -0.369 e. The quantitative estimate of drug-likeness (QED) is 0.515. The van der Waals surface area contributed by atoms with Gasteiger partial charge in [-0.3, -0.25) is 9.48 Å². The summed E-state index contributed by atoms with van der Waals surface area (Å²) in [6.07, 6.45) is 3.44. The number of rotatable bonds is 7. The number of carbonyl (C=O) groups excluding carboxylic acids is 1. The number of primary amides is 1. The van der Waals surface area contributed by atoms with Gasteiger partial charge in [-0.25, -0.2) is 9.97 Å². The van der Waals surface area contributed by atoms with E-state index in [1.54, 1.807) is 9.36 Å². The van der Waals surface area contributed by atoms with E-state index >= 15 is 0 Å². The number of nitrogens with zero attached hydrogens (tertiary/aromatic N) is 7. The molecular formula is C20H24N8O. The van der Waals surface area contributed by atoms with E-state index in [-0.39, 0.29) is 6.42 Å². The van der Waals surface area contributed by atoms with Gasteiger partial charge in [0.1, 0.15) is 5.82 Å². The number of carbonyl (C=O) groups is 1. The average molecular weight is 392 g/mol. The van der Waals surface area contributed by atoms with E-state index in [4.69, 9.17) is 10.7 Å². The molecule has 0 aliphatic rings. The van der Waals surface area contributed by atoms with Crippen LogP contribution < -0.4 is 5.73 Å². The minimum atomic E-state index is -0.465. The standard InChI is InChI=1S/C20H24N8O/c1-4-9-27-16-8-6-5-7-15(16)22-20(27)28-19(23-18(25-28)11-17(21)29)10-14-12-26(3)24-13(14)2/h5-8,12H,4,9-11H2,1-3H3,(H2,21,29). The number of aromatic nitrogens is 7. The van der Waals surface area contributed by atoms with Crippen molar-refractivity contribution in [2.24, 2.45) is 12.8 Å². The van der Waals surface area contributed by atoms with Crippen LogP contribution in [0, 0.1) is 6.92 Å². The highest BCUT2D eigenvalue weighted by Crippen LogP contribution is 2.21. The van der Waals surface area contributed by atoms with E-state index in [1.807, 2.05) is 44.4 Å². The van der Waals surface area contributed by atoms with Gasteiger partial charge in [0, 0.05) is 31.8 Å². The Kier molecular flexibility index (Phi) is 4.87. The fraction of sp³-hybridized carbons (Fsp3) is 0.350. The monoisotopic (exact) mass is 392 g/mol. The third kappa shape index (κ3) is 3.63. The van der Waals surface area contributed by atoms with Gasteiger partial charge in [0.2, 0.25) is 11.9 Å². The lowest BCUT2D eigenvalue weighted by Gasteiger charge is -2.09. The first-order valence-electron chi connectivity index (χ1n) is 9.64. The van der Waals surface area contributed by atoms with Crippen LogP contribution in [0.25, 0.3) is 17.0 Å². The molecule has 1 amide bonds. The Hall–Kier alpha value is -3.49. The second-order valence-corrected chi connectivity index (χ2v) is 7.14. The molecule has 0 spiro atoms. The molecule has 0 radical (unpaired) electrons. The number of hydrogen-bond donors (Lipinski definition) is 1. The van der Waals surface area contributed by atoms with Crippen molar-refractivity contribution in [1.82, 2.24) is 34.1 Å². The van der Waals surface area contributed by atoms with Crippen molar-refractivity contribution in [3.05, 3.63) is 53.4 Å². The van der Waals surface area contributed by atoms with E-state index in [9.17, 15) is 4.79 Å². The van der Waals surface area contributed by atoms with Crippen LogP contribution in [-0.4, -0.2) is 40.0 Å². The Morgan fingerprint density at radius 2 is 1.97 bits per heavy atom. The highest BCUT2D eigenvalue weighted by molar-refractivity contribution is 5.77. The molecule has 0 aliphatic carbocycles. The van der Waals surface area contributed by atoms with Crippen LogP contribution in [-0.2, 0) is 31.2 Å². The van der Waals surface area contributed by atoms with Gasteiger partial charge in [0.05, 0.1) is 23.1 Å². The van der Waals surface area contributed by atoms with Crippen LogP contribution in [0.4, 0.5) is 0 Å². The van der Waals surface area contributed by atoms with Crippen molar-refractivity contribution in [2.45, 2.75) is 39.7 Å². The van der Waals surface area contributed by atoms with E-state index in [0.29, 0.717) is 24.0 Å². The molecule has 3 heterocycles. The highest BCUT2D eigenvalue weighted by atomic mass is 16.1. The molecule has 29 heavy (non-hydrogen) atoms. The van der Waals surface area contributed by atoms with E-state index in [0.717, 1.165) is 35.3 Å². The van der Waals surface area contributed by atoms with Gasteiger partial charge in [0.15, 0.2) is 5.82 Å². The van der Waals surface area contributed by atoms with Gasteiger partial charge >= 0.3 is 0 Å². The molecule has 0 unspecified atom stereocenters. The third-order valence-corrected chi connectivity index (χ3v) is 4.79. The van der Waals surface area contributed by atoms with Crippen LogP contribution in [0.5, 0.6) is 0 Å². The molecule has 0 saturated carbocycles. The molecule has 4 aromatic rings. The van der Waals surface area contributed by atoms with Crippen LogP contribution in [0.2, 0.25) is 0 Å². The zero-order valence-electron chi connectivity index (χ0n) is 16.8. The predicted octanol–water partition coefficient (Wildman–Crippen LogP) is 1.69. The molecule has 3 aromatic heterocycles. The first kappa shape index (κ1) is 18.9. The van der Waals surface area contributed by atoms with Crippen molar-refractivity contribution < 1.29 is 4.79 Å². The number of imidazole rings is 1. The second-order valence-electron chi connectivity index (χ2n) is 7.14. The Balaban J connectivity index is 1.87. The van der Waals surface area contributed by atoms with Gasteiger partial charge in [0.25, 0.3) is 0 Å². The second kappa shape index (κ2) is 7.50. The Morgan fingerprint density at radius 3 is 2.66 bits per heavy atom. The van der Waals surface area contributed by atoms with Crippen LogP contribution in [0.1, 0.15) is 36.3 Å². The Bertz CT molecular complexity index is 1180. The van der Waals surface area contributed by atoms with Crippen LogP contribution in [0.15, 0.2) is 30.5 Å². The molecule has 1 aromatic carbocycles. The lowest BCUT2D eigenvalue weighted by atomic mass is 10.2. The lowest BCUT2D eigenvalue weighted by molar-refractivity contribution is -0.117. The summed E-state index contributed by atoms with van der Waals surface area (Å²) in [7, 11) is 1.89. The van der Waals surface area contributed by atoms with Gasteiger partial charge in [-0.15, -0.1) is 5.10 Å². The Labute approximate surface area is 168 Å². The van der Waals surface area contributed by atoms with Gasteiger partial charge in [-0.1, -0.05) is 19.1 Å². The number of fused-ring (bicyclic) bond motifs is 1. The maximum absolute atomic E-state index is 11.5. The molecule has 150 valence electrons. The molecule has 0 aliphatic heterocycles. The molecular weight excluding hydrogens is 368 g/mol. The van der Waals surface area contributed by atoms with E-state index < -0.39 is 5.91 Å². The topological polar surface area (TPSA) is 109 Å². The number of para-hydroxylation sites is 2. The van der Waals surface area contributed by atoms with Gasteiger partial charge < -0.3 is 10.3 Å². The summed E-state index contributed by atoms with van der Waals surface area (Å²) < 4.78 is 5.65. The summed E-state index contributed by atoms with van der Waals surface area (Å²) >= 11 is 0. The van der Waals surface area contributed by atoms with Crippen molar-refractivity contribution >= 4 is 16.9 Å². The zero-order chi connectivity index (χ0) is 20.5. The smallest absolute Gasteiger partial charge is 0.233 e. The lowest BCUT2D eigenvalue weighted by Crippen LogP contribution is -2.15. The summed E-state index contributed by atoms with van der Waals surface area (Å²) in [5, 5.41) is 9.00. The predicted molar refractivity (Wildman–Crippen MR) is 109 cm³/mol. The van der Waals surface area contributed by atoms with E-state index in [1.165, 1.54) is 0 Å². The summed E-state index contributed by atoms with van der Waals surface area (Å²) in [5.41, 5.74) is 9.29. The maximum atomic E-state index is 11.5. The van der Waals surface area contributed by atoms with E-state index in [2.05, 4.69) is 26.7 Å². The molecule has 2 N–H and O–H groups in total. The molecule has 0 atom stereocenters. The third-order valence-electron chi connectivity index (χ3n) is 4.79. The van der Waals surface area contributed by atoms with Crippen LogP contribution >= 0.6 is 0 Å². The molecule has 0 fully saturated rings. The number of hydrogen-bond acceptors (Lipinski definition) is 5. The van der Waals surface area contributed by atoms with Crippen molar-refractivity contribution in [1.29, 1.82) is 0 Å². The molecule has 0 bridgehead atoms. The molecule has 9 nitrogen and oxygen atoms in total. The Morgan fingerprint density at radius 1 is 1.17 bits per heavy atom. The average Bonchev–Trinajstić information content (AvgIpc) is 3.31. The highest BCUT2D eigenvalue weighted by Gasteiger charge is 2.20. The SMILES string of the molecule is CCCn1c(-n2nc(CC(N)=O)nc2Cc2cn(C)nc2C)nc2ccccc21. The van der Waals surface area contributed by atoms with Crippen LogP contribution in [0.3, 0.4) is 0 Å². The molecule has 4 rings (SSSR count). The number of amides is 1. The zero-order valence-corrected chi connectivity index (χ0v) is 16.8. The fourth-order valence-electron chi connectivity index (χ4n) is 3.56. The summed E-state index contributed by atoms with van der Waals surface area (Å²) in [4.78, 5) is 20.9. The van der Waals surface area contributed by atoms with Gasteiger partial charge in [-0.2, -0.15) is 9.78 Å². The summed E-state index contributed by atoms with van der Waals surface area (Å²) in [6, 6.07) is 8.00. The maximum Gasteiger partial charge on any atom is 0.233 e. The largest absolute Gasteiger partial charge is 0.369 e. The molecule has 0 saturated heterocycles. The van der Waals surface area contributed by atoms with Crippen molar-refractivity contribution in [3.8, 4) is 5.95 Å².